The van der Waals surface area contributed by atoms with E-state index in [-0.39, 0.29) is 36.4 Å². The average Bonchev–Trinajstić information content (AvgIpc) is 2.63. The Kier molecular flexibility index (Phi) is 13.9. The molecule has 1 atom stereocenters. The van der Waals surface area contributed by atoms with E-state index < -0.39 is 58.5 Å². The summed E-state index contributed by atoms with van der Waals surface area (Å²) in [6.07, 6.45) is 1.34. The second kappa shape index (κ2) is 13.7. The van der Waals surface area contributed by atoms with Gasteiger partial charge in [0, 0.05) is 11.1 Å². The fourth-order valence-electron chi connectivity index (χ4n) is 2.01. The summed E-state index contributed by atoms with van der Waals surface area (Å²) in [5.41, 5.74) is -1.33. The molecule has 30 heavy (non-hydrogen) atoms. The molecule has 0 aromatic heterocycles. The van der Waals surface area contributed by atoms with Gasteiger partial charge in [-0.2, -0.15) is 8.42 Å². The van der Waals surface area contributed by atoms with Crippen molar-refractivity contribution >= 4 is 46.9 Å². The molecule has 0 amide bonds. The Morgan fingerprint density at radius 2 is 1.43 bits per heavy atom. The van der Waals surface area contributed by atoms with Gasteiger partial charge < -0.3 is 14.2 Å². The first-order valence-electron chi connectivity index (χ1n) is 9.05. The van der Waals surface area contributed by atoms with Gasteiger partial charge in [0.05, 0.1) is 0 Å². The first-order valence-corrected chi connectivity index (χ1v) is 10.6. The predicted octanol–water partition coefficient (Wildman–Crippen LogP) is 1.57. The first-order chi connectivity index (χ1) is 13.3. The number of carbonyl (C=O) groups excluding carboxylic acids is 3. The van der Waals surface area contributed by atoms with Crippen molar-refractivity contribution in [2.75, 3.05) is 19.8 Å². The summed E-state index contributed by atoms with van der Waals surface area (Å²) in [6, 6.07) is 0. The monoisotopic (exact) mass is 442 g/mol. The third-order valence-electron chi connectivity index (χ3n) is 4.06. The third-order valence-corrected chi connectivity index (χ3v) is 5.21. The number of unbranched alkanes of at least 4 members (excludes halogenated alkanes) is 1. The SMILES string of the molecule is C=C(C)C(=O)OCC(CCCC)(COC(=O)C(=C)C)C(=O)OCC(C)S(=O)(=O)O.[LiH]. The number of ether oxygens (including phenoxy) is 3. The van der Waals surface area contributed by atoms with E-state index in [0.717, 1.165) is 0 Å². The topological polar surface area (TPSA) is 133 Å². The van der Waals surface area contributed by atoms with Gasteiger partial charge in [-0.15, -0.1) is 0 Å². The Morgan fingerprint density at radius 1 is 1.00 bits per heavy atom. The molecular formula is C19H31LiO9S. The van der Waals surface area contributed by atoms with Crippen LogP contribution in [0.1, 0.15) is 47.0 Å². The average molecular weight is 442 g/mol. The molecule has 9 nitrogen and oxygen atoms in total. The van der Waals surface area contributed by atoms with Gasteiger partial charge in [0.1, 0.15) is 30.5 Å². The molecule has 1 unspecified atom stereocenters. The van der Waals surface area contributed by atoms with Crippen molar-refractivity contribution in [1.82, 2.24) is 0 Å². The van der Waals surface area contributed by atoms with Crippen molar-refractivity contribution in [2.24, 2.45) is 5.41 Å². The molecule has 0 aromatic carbocycles. The van der Waals surface area contributed by atoms with Crippen molar-refractivity contribution in [1.29, 1.82) is 0 Å². The summed E-state index contributed by atoms with van der Waals surface area (Å²) < 4.78 is 46.7. The maximum atomic E-state index is 12.8. The van der Waals surface area contributed by atoms with Gasteiger partial charge in [-0.25, -0.2) is 9.59 Å². The zero-order valence-electron chi connectivity index (χ0n) is 17.4. The van der Waals surface area contributed by atoms with Gasteiger partial charge in [-0.1, -0.05) is 32.9 Å². The molecule has 0 bridgehead atoms. The van der Waals surface area contributed by atoms with E-state index in [9.17, 15) is 22.8 Å². The van der Waals surface area contributed by atoms with Crippen LogP contribution in [0, 0.1) is 5.41 Å². The van der Waals surface area contributed by atoms with E-state index in [0.29, 0.717) is 12.8 Å². The minimum absolute atomic E-state index is 0. The molecule has 168 valence electrons. The van der Waals surface area contributed by atoms with E-state index in [2.05, 4.69) is 13.2 Å². The van der Waals surface area contributed by atoms with Crippen LogP contribution in [-0.4, -0.2) is 74.8 Å². The van der Waals surface area contributed by atoms with Crippen molar-refractivity contribution < 1.29 is 41.6 Å². The fraction of sp³-hybridized carbons (Fsp3) is 0.632. The van der Waals surface area contributed by atoms with E-state index in [1.54, 1.807) is 0 Å². The van der Waals surface area contributed by atoms with E-state index in [4.69, 9.17) is 18.8 Å². The molecule has 0 saturated carbocycles. The molecule has 0 fully saturated rings. The summed E-state index contributed by atoms with van der Waals surface area (Å²) in [7, 11) is -4.41. The van der Waals surface area contributed by atoms with Crippen LogP contribution < -0.4 is 0 Å². The van der Waals surface area contributed by atoms with Crippen molar-refractivity contribution in [3.63, 3.8) is 0 Å². The van der Waals surface area contributed by atoms with Crippen LogP contribution in [0.15, 0.2) is 24.3 Å². The third kappa shape index (κ3) is 10.4. The van der Waals surface area contributed by atoms with Crippen LogP contribution in [0.5, 0.6) is 0 Å². The van der Waals surface area contributed by atoms with Gasteiger partial charge >= 0.3 is 36.8 Å². The van der Waals surface area contributed by atoms with Crippen LogP contribution in [0.3, 0.4) is 0 Å². The fourth-order valence-corrected chi connectivity index (χ4v) is 2.25. The van der Waals surface area contributed by atoms with Gasteiger partial charge in [0.2, 0.25) is 0 Å². The zero-order chi connectivity index (χ0) is 22.8. The maximum absolute atomic E-state index is 12.8. The van der Waals surface area contributed by atoms with Gasteiger partial charge in [0.15, 0.2) is 0 Å². The molecule has 0 spiro atoms. The number of carbonyl (C=O) groups is 3. The number of rotatable bonds is 13. The molecule has 0 aliphatic rings. The summed E-state index contributed by atoms with van der Waals surface area (Å²) in [5, 5.41) is -1.36. The van der Waals surface area contributed by atoms with E-state index in [1.165, 1.54) is 20.8 Å². The normalized spacial score (nSPS) is 12.2. The van der Waals surface area contributed by atoms with Crippen molar-refractivity contribution in [3.05, 3.63) is 24.3 Å². The number of hydrogen-bond acceptors (Lipinski definition) is 8. The molecular weight excluding hydrogens is 411 g/mol. The van der Waals surface area contributed by atoms with Crippen molar-refractivity contribution in [3.8, 4) is 0 Å². The first kappa shape index (κ1) is 30.6. The van der Waals surface area contributed by atoms with E-state index >= 15 is 0 Å². The van der Waals surface area contributed by atoms with Gasteiger partial charge in [-0.3, -0.25) is 9.35 Å². The second-order valence-electron chi connectivity index (χ2n) is 7.02. The van der Waals surface area contributed by atoms with Crippen LogP contribution in [0.2, 0.25) is 0 Å². The molecule has 0 aromatic rings. The summed E-state index contributed by atoms with van der Waals surface area (Å²) in [5.74, 6) is -2.39. The predicted molar refractivity (Wildman–Crippen MR) is 113 cm³/mol. The standard InChI is InChI=1S/C19H30O9S.Li.H/c1-7-8-9-19(11-27-16(20)13(2)3,12-28-17(21)14(4)5)18(22)26-10-15(6)29(23,24)25;;/h15H,2,4,7-12H2,1,3,5-6H3,(H,23,24,25);;. The van der Waals surface area contributed by atoms with Gasteiger partial charge in [0.25, 0.3) is 10.1 Å². The van der Waals surface area contributed by atoms with E-state index in [1.807, 2.05) is 6.92 Å². The Hall–Kier alpha value is -1.60. The second-order valence-corrected chi connectivity index (χ2v) is 8.86. The Balaban J connectivity index is 0. The molecule has 0 saturated heterocycles. The van der Waals surface area contributed by atoms with Crippen LogP contribution >= 0.6 is 0 Å². The van der Waals surface area contributed by atoms with Crippen LogP contribution in [0.25, 0.3) is 0 Å². The molecule has 0 heterocycles. The molecule has 0 rings (SSSR count). The van der Waals surface area contributed by atoms with Crippen molar-refractivity contribution in [2.45, 2.75) is 52.2 Å². The number of esters is 3. The Bertz CT molecular complexity index is 713. The minimum atomic E-state index is -4.41. The quantitative estimate of drug-likeness (QED) is 0.148. The Labute approximate surface area is 190 Å². The Morgan fingerprint density at radius 3 is 1.77 bits per heavy atom. The number of hydrogen-bond donors (Lipinski definition) is 1. The zero-order valence-corrected chi connectivity index (χ0v) is 18.2. The molecule has 11 heteroatoms. The summed E-state index contributed by atoms with van der Waals surface area (Å²) in [6.45, 7) is 11.3. The van der Waals surface area contributed by atoms with Crippen LogP contribution in [0.4, 0.5) is 0 Å². The summed E-state index contributed by atoms with van der Waals surface area (Å²) >= 11 is 0. The summed E-state index contributed by atoms with van der Waals surface area (Å²) in [4.78, 5) is 36.5. The molecule has 1 N–H and O–H groups in total. The molecule has 0 radical (unpaired) electrons. The molecule has 0 aliphatic carbocycles. The van der Waals surface area contributed by atoms with Gasteiger partial charge in [-0.05, 0) is 27.2 Å². The van der Waals surface area contributed by atoms with Crippen LogP contribution in [-0.2, 0) is 38.7 Å². The molecule has 0 aliphatic heterocycles.